The van der Waals surface area contributed by atoms with Gasteiger partial charge in [-0.05, 0) is 18.6 Å². The molecule has 16 heavy (non-hydrogen) atoms. The van der Waals surface area contributed by atoms with Crippen LogP contribution in [-0.2, 0) is 0 Å². The smallest absolute Gasteiger partial charge is 0.130 e. The van der Waals surface area contributed by atoms with Gasteiger partial charge in [-0.1, -0.05) is 50.3 Å². The van der Waals surface area contributed by atoms with Gasteiger partial charge in [0, 0.05) is 11.5 Å². The number of hydrogen-bond donors (Lipinski definition) is 0. The van der Waals surface area contributed by atoms with Crippen LogP contribution in [0.5, 0.6) is 5.75 Å². The first-order valence-electron chi connectivity index (χ1n) is 5.97. The van der Waals surface area contributed by atoms with E-state index in [1.54, 1.807) is 0 Å². The highest BCUT2D eigenvalue weighted by Crippen LogP contribution is 2.42. The van der Waals surface area contributed by atoms with Crippen LogP contribution in [0.3, 0.4) is 0 Å². The van der Waals surface area contributed by atoms with Crippen LogP contribution in [-0.4, -0.2) is 6.10 Å². The predicted octanol–water partition coefficient (Wildman–Crippen LogP) is 4.07. The van der Waals surface area contributed by atoms with E-state index in [1.807, 2.05) is 19.9 Å². The number of allylic oxidation sites excluding steroid dienone is 2. The molecule has 1 aliphatic heterocycles. The topological polar surface area (TPSA) is 9.23 Å². The van der Waals surface area contributed by atoms with Crippen LogP contribution in [0.2, 0.25) is 0 Å². The molecule has 0 saturated carbocycles. The highest BCUT2D eigenvalue weighted by Gasteiger charge is 2.34. The van der Waals surface area contributed by atoms with Gasteiger partial charge in [-0.2, -0.15) is 0 Å². The Morgan fingerprint density at radius 1 is 1.12 bits per heavy atom. The van der Waals surface area contributed by atoms with Crippen molar-refractivity contribution in [3.8, 4) is 5.75 Å². The van der Waals surface area contributed by atoms with E-state index in [2.05, 4.69) is 43.4 Å². The molecule has 1 heterocycles. The molecule has 0 radical (unpaired) electrons. The van der Waals surface area contributed by atoms with Gasteiger partial charge in [0.15, 0.2) is 0 Å². The second-order valence-electron chi connectivity index (χ2n) is 3.90. The van der Waals surface area contributed by atoms with Crippen LogP contribution in [0.1, 0.15) is 32.3 Å². The Labute approximate surface area is 97.4 Å². The molecule has 2 unspecified atom stereocenters. The summed E-state index contributed by atoms with van der Waals surface area (Å²) in [6, 6.07) is 8.31. The highest BCUT2D eigenvalue weighted by molar-refractivity contribution is 5.48. The molecule has 1 nitrogen and oxygen atoms in total. The van der Waals surface area contributed by atoms with Crippen molar-refractivity contribution >= 4 is 0 Å². The number of hydrogen-bond acceptors (Lipinski definition) is 1. The van der Waals surface area contributed by atoms with E-state index in [0.717, 1.165) is 5.75 Å². The van der Waals surface area contributed by atoms with Crippen LogP contribution in [0, 0.1) is 0 Å². The van der Waals surface area contributed by atoms with E-state index < -0.39 is 0 Å². The van der Waals surface area contributed by atoms with Crippen molar-refractivity contribution in [2.75, 3.05) is 0 Å². The van der Waals surface area contributed by atoms with Crippen molar-refractivity contribution in [2.24, 2.45) is 0 Å². The first-order valence-corrected chi connectivity index (χ1v) is 5.97. The van der Waals surface area contributed by atoms with Gasteiger partial charge in [0.05, 0.1) is 0 Å². The molecular weight excluding hydrogens is 196 g/mol. The summed E-state index contributed by atoms with van der Waals surface area (Å²) in [7, 11) is 0. The molecule has 0 bridgehead atoms. The molecule has 0 amide bonds. The largest absolute Gasteiger partial charge is 0.485 e. The Balaban J connectivity index is 0.000000457. The third-order valence-corrected chi connectivity index (χ3v) is 2.98. The molecule has 3 rings (SSSR count). The standard InChI is InChI=1S/C13H12O.C2H6/c1-9-5-4-7-11-10-6-2-3-8-12(10)14-13(9)11;1-2/h2-8,11,13H,1H3;1-2H3. The number of rotatable bonds is 0. The lowest BCUT2D eigenvalue weighted by atomic mass is 9.88. The van der Waals surface area contributed by atoms with Gasteiger partial charge in [0.2, 0.25) is 0 Å². The Morgan fingerprint density at radius 2 is 1.88 bits per heavy atom. The second-order valence-corrected chi connectivity index (χ2v) is 3.90. The van der Waals surface area contributed by atoms with Crippen LogP contribution < -0.4 is 4.74 Å². The van der Waals surface area contributed by atoms with Crippen LogP contribution >= 0.6 is 0 Å². The molecule has 0 fully saturated rings. The van der Waals surface area contributed by atoms with Crippen molar-refractivity contribution in [3.63, 3.8) is 0 Å². The quantitative estimate of drug-likeness (QED) is 0.632. The molecule has 0 N–H and O–H groups in total. The minimum Gasteiger partial charge on any atom is -0.485 e. The summed E-state index contributed by atoms with van der Waals surface area (Å²) in [6.45, 7) is 6.13. The van der Waals surface area contributed by atoms with Crippen molar-refractivity contribution in [3.05, 3.63) is 53.6 Å². The van der Waals surface area contributed by atoms with Crippen molar-refractivity contribution in [2.45, 2.75) is 32.8 Å². The van der Waals surface area contributed by atoms with Gasteiger partial charge in [-0.25, -0.2) is 0 Å². The second kappa shape index (κ2) is 4.56. The summed E-state index contributed by atoms with van der Waals surface area (Å²) in [5, 5.41) is 0. The Kier molecular flexibility index (Phi) is 3.14. The maximum atomic E-state index is 5.90. The maximum Gasteiger partial charge on any atom is 0.130 e. The summed E-state index contributed by atoms with van der Waals surface area (Å²) < 4.78 is 5.90. The van der Waals surface area contributed by atoms with Gasteiger partial charge in [-0.15, -0.1) is 0 Å². The van der Waals surface area contributed by atoms with Crippen molar-refractivity contribution in [1.29, 1.82) is 0 Å². The zero-order valence-electron chi connectivity index (χ0n) is 10.1. The van der Waals surface area contributed by atoms with E-state index in [4.69, 9.17) is 4.74 Å². The summed E-state index contributed by atoms with van der Waals surface area (Å²) in [5.74, 6) is 1.47. The lowest BCUT2D eigenvalue weighted by Crippen LogP contribution is -2.20. The minimum absolute atomic E-state index is 0.234. The molecule has 0 spiro atoms. The number of para-hydroxylation sites is 1. The fourth-order valence-electron chi connectivity index (χ4n) is 2.24. The molecule has 1 aromatic carbocycles. The van der Waals surface area contributed by atoms with Crippen molar-refractivity contribution < 1.29 is 4.74 Å². The molecule has 2 atom stereocenters. The van der Waals surface area contributed by atoms with E-state index >= 15 is 0 Å². The fourth-order valence-corrected chi connectivity index (χ4v) is 2.24. The first kappa shape index (κ1) is 11.0. The summed E-state index contributed by atoms with van der Waals surface area (Å²) in [4.78, 5) is 0. The molecule has 1 aromatic rings. The molecule has 2 aliphatic rings. The number of fused-ring (bicyclic) bond motifs is 3. The first-order chi connectivity index (χ1) is 7.86. The summed E-state index contributed by atoms with van der Waals surface area (Å²) in [6.07, 6.45) is 6.72. The maximum absolute atomic E-state index is 5.90. The summed E-state index contributed by atoms with van der Waals surface area (Å²) >= 11 is 0. The number of benzene rings is 1. The lowest BCUT2D eigenvalue weighted by molar-refractivity contribution is 0.255. The zero-order valence-corrected chi connectivity index (χ0v) is 10.1. The molecular formula is C15H18O. The zero-order chi connectivity index (χ0) is 11.5. The van der Waals surface area contributed by atoms with Gasteiger partial charge in [0.1, 0.15) is 11.9 Å². The van der Waals surface area contributed by atoms with Crippen LogP contribution in [0.4, 0.5) is 0 Å². The lowest BCUT2D eigenvalue weighted by Gasteiger charge is -2.19. The fraction of sp³-hybridized carbons (Fsp3) is 0.333. The SMILES string of the molecule is CC.CC1=CC=CC2c3ccccc3OC12. The van der Waals surface area contributed by atoms with E-state index in [9.17, 15) is 0 Å². The average Bonchev–Trinajstić information content (AvgIpc) is 2.72. The highest BCUT2D eigenvalue weighted by atomic mass is 16.5. The van der Waals surface area contributed by atoms with E-state index in [-0.39, 0.29) is 6.10 Å². The molecule has 0 aromatic heterocycles. The van der Waals surface area contributed by atoms with Gasteiger partial charge in [-0.3, -0.25) is 0 Å². The van der Waals surface area contributed by atoms with Crippen LogP contribution in [0.15, 0.2) is 48.1 Å². The Hall–Kier alpha value is -1.50. The summed E-state index contributed by atoms with van der Waals surface area (Å²) in [5.41, 5.74) is 2.63. The minimum atomic E-state index is 0.234. The Bertz CT molecular complexity index is 429. The molecule has 0 saturated heterocycles. The monoisotopic (exact) mass is 214 g/mol. The Morgan fingerprint density at radius 3 is 2.69 bits per heavy atom. The van der Waals surface area contributed by atoms with Crippen LogP contribution in [0.25, 0.3) is 0 Å². The van der Waals surface area contributed by atoms with Crippen molar-refractivity contribution in [1.82, 2.24) is 0 Å². The predicted molar refractivity (Wildman–Crippen MR) is 67.8 cm³/mol. The normalized spacial score (nSPS) is 24.6. The van der Waals surface area contributed by atoms with E-state index in [0.29, 0.717) is 5.92 Å². The number of ether oxygens (including phenoxy) is 1. The van der Waals surface area contributed by atoms with Gasteiger partial charge in [0.25, 0.3) is 0 Å². The average molecular weight is 214 g/mol. The third kappa shape index (κ3) is 1.67. The van der Waals surface area contributed by atoms with Gasteiger partial charge < -0.3 is 4.74 Å². The van der Waals surface area contributed by atoms with Gasteiger partial charge >= 0.3 is 0 Å². The molecule has 1 heteroatoms. The molecule has 1 aliphatic carbocycles. The van der Waals surface area contributed by atoms with E-state index in [1.165, 1.54) is 11.1 Å². The molecule has 84 valence electrons. The third-order valence-electron chi connectivity index (χ3n) is 2.98.